The fourth-order valence-corrected chi connectivity index (χ4v) is 2.01. The van der Waals surface area contributed by atoms with Crippen LogP contribution in [0.5, 0.6) is 0 Å². The molecule has 0 saturated carbocycles. The van der Waals surface area contributed by atoms with E-state index in [1.807, 2.05) is 13.8 Å². The van der Waals surface area contributed by atoms with Crippen LogP contribution in [0.2, 0.25) is 5.15 Å². The fourth-order valence-electron chi connectivity index (χ4n) is 1.82. The third kappa shape index (κ3) is 2.93. The molecule has 1 N–H and O–H groups in total. The van der Waals surface area contributed by atoms with Gasteiger partial charge in [-0.1, -0.05) is 11.6 Å². The third-order valence-electron chi connectivity index (χ3n) is 2.73. The quantitative estimate of drug-likeness (QED) is 0.878. The summed E-state index contributed by atoms with van der Waals surface area (Å²) in [5, 5.41) is 7.48. The smallest absolute Gasteiger partial charge is 0.273 e. The Morgan fingerprint density at radius 1 is 1.42 bits per heavy atom. The zero-order valence-electron chi connectivity index (χ0n) is 11.1. The van der Waals surface area contributed by atoms with Gasteiger partial charge in [-0.3, -0.25) is 9.48 Å². The van der Waals surface area contributed by atoms with Crippen molar-refractivity contribution in [1.82, 2.24) is 14.8 Å². The van der Waals surface area contributed by atoms with Gasteiger partial charge < -0.3 is 5.32 Å². The number of carbonyl (C=O) groups is 1. The average molecular weight is 279 g/mol. The third-order valence-corrected chi connectivity index (χ3v) is 2.94. The summed E-state index contributed by atoms with van der Waals surface area (Å²) in [6.45, 7) is 6.24. The average Bonchev–Trinajstić information content (AvgIpc) is 2.74. The standard InChI is InChI=1S/C13H15ClN4O/c1-4-18-11(7-8(2)17-18)13(19)16-10-5-6-12(14)15-9(10)3/h5-7H,4H2,1-3H3,(H,16,19). The van der Waals surface area contributed by atoms with E-state index in [4.69, 9.17) is 11.6 Å². The van der Waals surface area contributed by atoms with E-state index < -0.39 is 0 Å². The van der Waals surface area contributed by atoms with Crippen LogP contribution < -0.4 is 5.32 Å². The van der Waals surface area contributed by atoms with Crippen molar-refractivity contribution in [3.63, 3.8) is 0 Å². The molecular formula is C13H15ClN4O. The predicted molar refractivity (Wildman–Crippen MR) is 74.6 cm³/mol. The van der Waals surface area contributed by atoms with E-state index in [1.165, 1.54) is 0 Å². The second-order valence-corrected chi connectivity index (χ2v) is 4.60. The van der Waals surface area contributed by atoms with Gasteiger partial charge in [-0.2, -0.15) is 5.10 Å². The van der Waals surface area contributed by atoms with Gasteiger partial charge in [0.1, 0.15) is 10.8 Å². The maximum Gasteiger partial charge on any atom is 0.273 e. The van der Waals surface area contributed by atoms with Gasteiger partial charge in [0.25, 0.3) is 5.91 Å². The Kier molecular flexibility index (Phi) is 3.85. The van der Waals surface area contributed by atoms with Gasteiger partial charge >= 0.3 is 0 Å². The Balaban J connectivity index is 2.25. The van der Waals surface area contributed by atoms with E-state index in [2.05, 4.69) is 15.4 Å². The van der Waals surface area contributed by atoms with E-state index in [0.717, 1.165) is 5.69 Å². The first-order valence-corrected chi connectivity index (χ1v) is 6.38. The van der Waals surface area contributed by atoms with Crippen molar-refractivity contribution in [1.29, 1.82) is 0 Å². The van der Waals surface area contributed by atoms with Crippen LogP contribution in [0.4, 0.5) is 5.69 Å². The molecule has 6 heteroatoms. The highest BCUT2D eigenvalue weighted by Crippen LogP contribution is 2.17. The van der Waals surface area contributed by atoms with Gasteiger partial charge in [0.15, 0.2) is 0 Å². The van der Waals surface area contributed by atoms with Crippen molar-refractivity contribution >= 4 is 23.2 Å². The highest BCUT2D eigenvalue weighted by atomic mass is 35.5. The zero-order valence-corrected chi connectivity index (χ0v) is 11.8. The van der Waals surface area contributed by atoms with Crippen LogP contribution in [0, 0.1) is 13.8 Å². The number of aromatic nitrogens is 3. The molecular weight excluding hydrogens is 264 g/mol. The summed E-state index contributed by atoms with van der Waals surface area (Å²) in [5.74, 6) is -0.199. The first kappa shape index (κ1) is 13.5. The number of carbonyl (C=O) groups excluding carboxylic acids is 1. The highest BCUT2D eigenvalue weighted by Gasteiger charge is 2.14. The fraction of sp³-hybridized carbons (Fsp3) is 0.308. The molecule has 2 heterocycles. The van der Waals surface area contributed by atoms with Gasteiger partial charge in [0, 0.05) is 6.54 Å². The molecule has 0 radical (unpaired) electrons. The summed E-state index contributed by atoms with van der Waals surface area (Å²) in [6, 6.07) is 5.14. The SMILES string of the molecule is CCn1nc(C)cc1C(=O)Nc1ccc(Cl)nc1C. The molecule has 2 aromatic heterocycles. The van der Waals surface area contributed by atoms with Gasteiger partial charge in [-0.05, 0) is 39.0 Å². The van der Waals surface area contributed by atoms with Crippen LogP contribution in [-0.2, 0) is 6.54 Å². The molecule has 5 nitrogen and oxygen atoms in total. The van der Waals surface area contributed by atoms with Crippen molar-refractivity contribution in [2.45, 2.75) is 27.3 Å². The van der Waals surface area contributed by atoms with Gasteiger partial charge in [0.05, 0.1) is 17.1 Å². The summed E-state index contributed by atoms with van der Waals surface area (Å²) in [5.41, 5.74) is 2.68. The first-order chi connectivity index (χ1) is 9.01. The number of anilines is 1. The molecule has 1 amide bonds. The molecule has 0 atom stereocenters. The van der Waals surface area contributed by atoms with Crippen LogP contribution in [0.3, 0.4) is 0 Å². The maximum absolute atomic E-state index is 12.2. The Morgan fingerprint density at radius 2 is 2.16 bits per heavy atom. The summed E-state index contributed by atoms with van der Waals surface area (Å²) in [4.78, 5) is 16.3. The normalized spacial score (nSPS) is 10.5. The van der Waals surface area contributed by atoms with Crippen LogP contribution in [0.25, 0.3) is 0 Å². The number of pyridine rings is 1. The summed E-state index contributed by atoms with van der Waals surface area (Å²) >= 11 is 5.78. The molecule has 100 valence electrons. The largest absolute Gasteiger partial charge is 0.319 e. The molecule has 0 fully saturated rings. The van der Waals surface area contributed by atoms with Crippen molar-refractivity contribution in [3.8, 4) is 0 Å². The molecule has 0 unspecified atom stereocenters. The Bertz CT molecular complexity index is 621. The van der Waals surface area contributed by atoms with E-state index in [-0.39, 0.29) is 5.91 Å². The van der Waals surface area contributed by atoms with Crippen LogP contribution in [-0.4, -0.2) is 20.7 Å². The minimum absolute atomic E-state index is 0.199. The van der Waals surface area contributed by atoms with Crippen molar-refractivity contribution in [2.75, 3.05) is 5.32 Å². The number of nitrogens with zero attached hydrogens (tertiary/aromatic N) is 3. The monoisotopic (exact) mass is 278 g/mol. The van der Waals surface area contributed by atoms with Crippen molar-refractivity contribution < 1.29 is 4.79 Å². The topological polar surface area (TPSA) is 59.8 Å². The van der Waals surface area contributed by atoms with Gasteiger partial charge in [-0.25, -0.2) is 4.98 Å². The molecule has 0 aliphatic heterocycles. The van der Waals surface area contributed by atoms with Crippen molar-refractivity contribution in [3.05, 3.63) is 40.4 Å². The van der Waals surface area contributed by atoms with Crippen LogP contribution in [0.15, 0.2) is 18.2 Å². The summed E-state index contributed by atoms with van der Waals surface area (Å²) < 4.78 is 1.67. The first-order valence-electron chi connectivity index (χ1n) is 6.00. The number of rotatable bonds is 3. The van der Waals surface area contributed by atoms with E-state index in [0.29, 0.717) is 28.8 Å². The maximum atomic E-state index is 12.2. The number of nitrogens with one attached hydrogen (secondary N) is 1. The zero-order chi connectivity index (χ0) is 14.0. The number of hydrogen-bond acceptors (Lipinski definition) is 3. The molecule has 19 heavy (non-hydrogen) atoms. The lowest BCUT2D eigenvalue weighted by molar-refractivity contribution is 0.101. The Morgan fingerprint density at radius 3 is 2.79 bits per heavy atom. The second kappa shape index (κ2) is 5.40. The summed E-state index contributed by atoms with van der Waals surface area (Å²) in [7, 11) is 0. The van der Waals surface area contributed by atoms with Crippen LogP contribution >= 0.6 is 11.6 Å². The molecule has 0 aromatic carbocycles. The minimum atomic E-state index is -0.199. The van der Waals surface area contributed by atoms with Gasteiger partial charge in [0.2, 0.25) is 0 Å². The molecule has 0 aliphatic rings. The number of amides is 1. The number of hydrogen-bond donors (Lipinski definition) is 1. The molecule has 0 aliphatic carbocycles. The van der Waals surface area contributed by atoms with E-state index in [1.54, 1.807) is 29.8 Å². The molecule has 0 spiro atoms. The lowest BCUT2D eigenvalue weighted by Gasteiger charge is -2.08. The molecule has 2 aromatic rings. The number of aryl methyl sites for hydroxylation is 3. The van der Waals surface area contributed by atoms with Crippen molar-refractivity contribution in [2.24, 2.45) is 0 Å². The minimum Gasteiger partial charge on any atom is -0.319 e. The highest BCUT2D eigenvalue weighted by molar-refractivity contribution is 6.29. The lowest BCUT2D eigenvalue weighted by atomic mass is 10.3. The Hall–Kier alpha value is -1.88. The van der Waals surface area contributed by atoms with E-state index >= 15 is 0 Å². The Labute approximate surface area is 116 Å². The lowest BCUT2D eigenvalue weighted by Crippen LogP contribution is -2.18. The predicted octanol–water partition coefficient (Wildman–Crippen LogP) is 2.82. The van der Waals surface area contributed by atoms with Gasteiger partial charge in [-0.15, -0.1) is 0 Å². The molecule has 0 saturated heterocycles. The van der Waals surface area contributed by atoms with Crippen LogP contribution in [0.1, 0.15) is 28.8 Å². The second-order valence-electron chi connectivity index (χ2n) is 4.21. The molecule has 2 rings (SSSR count). The molecule has 0 bridgehead atoms. The van der Waals surface area contributed by atoms with E-state index in [9.17, 15) is 4.79 Å². The number of halogens is 1. The summed E-state index contributed by atoms with van der Waals surface area (Å²) in [6.07, 6.45) is 0.